The number of ether oxygens (including phenoxy) is 2. The van der Waals surface area contributed by atoms with Crippen LogP contribution in [0.25, 0.3) is 21.3 Å². The van der Waals surface area contributed by atoms with Gasteiger partial charge < -0.3 is 20.5 Å². The van der Waals surface area contributed by atoms with E-state index in [0.717, 1.165) is 0 Å². The second-order valence-electron chi connectivity index (χ2n) is 7.39. The van der Waals surface area contributed by atoms with E-state index in [0.29, 0.717) is 38.7 Å². The van der Waals surface area contributed by atoms with Crippen molar-refractivity contribution in [2.75, 3.05) is 17.8 Å². The molecule has 0 saturated heterocycles. The number of aromatic nitrogens is 3. The molecule has 3 N–H and O–H groups in total. The van der Waals surface area contributed by atoms with Crippen molar-refractivity contribution in [3.8, 4) is 17.2 Å². The van der Waals surface area contributed by atoms with Gasteiger partial charge in [0.25, 0.3) is 5.56 Å². The van der Waals surface area contributed by atoms with Gasteiger partial charge in [0.2, 0.25) is 18.4 Å². The van der Waals surface area contributed by atoms with Crippen LogP contribution in [-0.2, 0) is 0 Å². The van der Waals surface area contributed by atoms with E-state index in [2.05, 4.69) is 20.1 Å². The lowest BCUT2D eigenvalue weighted by molar-refractivity contribution is 0.174. The highest BCUT2D eigenvalue weighted by molar-refractivity contribution is 6.35. The lowest BCUT2D eigenvalue weighted by atomic mass is 10.1. The molecule has 0 unspecified atom stereocenters. The van der Waals surface area contributed by atoms with Gasteiger partial charge in [-0.25, -0.2) is 14.8 Å². The topological polar surface area (TPSA) is 109 Å². The minimum absolute atomic E-state index is 0.0376. The molecule has 0 amide bonds. The minimum Gasteiger partial charge on any atom is -0.454 e. The summed E-state index contributed by atoms with van der Waals surface area (Å²) < 4.78 is 12.5. The number of benzene rings is 2. The summed E-state index contributed by atoms with van der Waals surface area (Å²) in [5, 5.41) is 4.65. The highest BCUT2D eigenvalue weighted by Crippen LogP contribution is 2.35. The van der Waals surface area contributed by atoms with Crippen molar-refractivity contribution in [2.24, 2.45) is 0 Å². The molecular weight excluding hydrogens is 444 g/mol. The van der Waals surface area contributed by atoms with E-state index >= 15 is 0 Å². The third-order valence-electron chi connectivity index (χ3n) is 5.34. The third-order valence-corrected chi connectivity index (χ3v) is 5.66. The maximum absolute atomic E-state index is 13.7. The minimum atomic E-state index is -0.443. The molecule has 0 fully saturated rings. The van der Waals surface area contributed by atoms with Crippen molar-refractivity contribution in [1.82, 2.24) is 14.5 Å². The van der Waals surface area contributed by atoms with Crippen LogP contribution in [0.2, 0.25) is 5.02 Å². The zero-order valence-corrected chi connectivity index (χ0v) is 18.1. The van der Waals surface area contributed by atoms with Gasteiger partial charge in [-0.2, -0.15) is 0 Å². The largest absolute Gasteiger partial charge is 0.454 e. The second kappa shape index (κ2) is 8.00. The van der Waals surface area contributed by atoms with Gasteiger partial charge >= 0.3 is 0 Å². The van der Waals surface area contributed by atoms with Gasteiger partial charge in [0.1, 0.15) is 5.82 Å². The number of hydrogen-bond donors (Lipinski definition) is 2. The molecule has 1 atom stereocenters. The molecule has 2 aromatic heterocycles. The molecule has 33 heavy (non-hydrogen) atoms. The molecule has 1 aliphatic heterocycles. The number of anilines is 2. The monoisotopic (exact) mass is 460 g/mol. The van der Waals surface area contributed by atoms with Gasteiger partial charge in [0.05, 0.1) is 28.7 Å². The summed E-state index contributed by atoms with van der Waals surface area (Å²) in [5.74, 6) is 1.47. The first kappa shape index (κ1) is 20.6. The van der Waals surface area contributed by atoms with E-state index in [4.69, 9.17) is 33.4 Å². The van der Waals surface area contributed by atoms with Crippen LogP contribution in [0.4, 0.5) is 17.5 Å². The average molecular weight is 461 g/mol. The Balaban J connectivity index is 1.71. The number of nitrogens with one attached hydrogen (secondary N) is 1. The van der Waals surface area contributed by atoms with Gasteiger partial charge in [-0.1, -0.05) is 23.7 Å². The number of rotatable bonds is 4. The average Bonchev–Trinajstić information content (AvgIpc) is 3.27. The molecule has 164 valence electrons. The van der Waals surface area contributed by atoms with Crippen LogP contribution >= 0.6 is 11.6 Å². The Kier molecular flexibility index (Phi) is 4.99. The first-order valence-corrected chi connectivity index (χ1v) is 10.3. The zero-order chi connectivity index (χ0) is 23.1. The third kappa shape index (κ3) is 3.56. The van der Waals surface area contributed by atoms with E-state index in [1.807, 2.05) is 19.1 Å². The van der Waals surface area contributed by atoms with Crippen molar-refractivity contribution < 1.29 is 9.47 Å². The Morgan fingerprint density at radius 2 is 2.06 bits per heavy atom. The predicted octanol–water partition coefficient (Wildman–Crippen LogP) is 4.47. The standard InChI is InChI=1S/C23H17ClN6O3/c1-12(28-21-16(26-2)10-27-23(25)29-21)17-8-13-4-3-5-15(24)20(13)22(31)30(17)14-6-7-18-19(9-14)33-11-32-18/h3-10,12H,11H2,1H3,(H3,25,27,28,29)/t12-/m0/s1. The number of pyridine rings is 1. The molecule has 0 aliphatic carbocycles. The Morgan fingerprint density at radius 1 is 1.24 bits per heavy atom. The maximum Gasteiger partial charge on any atom is 0.264 e. The Hall–Kier alpha value is -4.29. The van der Waals surface area contributed by atoms with Gasteiger partial charge in [-0.05, 0) is 36.6 Å². The number of halogens is 1. The fourth-order valence-corrected chi connectivity index (χ4v) is 4.07. The number of nitrogen functional groups attached to an aromatic ring is 1. The van der Waals surface area contributed by atoms with Crippen LogP contribution in [0, 0.1) is 6.57 Å². The SMILES string of the molecule is [C-]#[N+]c1cnc(N)nc1N[C@@H](C)c1cc2cccc(Cl)c2c(=O)n1-c1ccc2c(c1)OCO2. The summed E-state index contributed by atoms with van der Waals surface area (Å²) in [4.78, 5) is 25.2. The second-order valence-corrected chi connectivity index (χ2v) is 7.80. The van der Waals surface area contributed by atoms with E-state index < -0.39 is 6.04 Å². The number of nitrogens with zero attached hydrogens (tertiary/aromatic N) is 4. The quantitative estimate of drug-likeness (QED) is 0.432. The van der Waals surface area contributed by atoms with Crippen molar-refractivity contribution >= 4 is 39.8 Å². The number of hydrogen-bond acceptors (Lipinski definition) is 7. The van der Waals surface area contributed by atoms with Crippen molar-refractivity contribution in [1.29, 1.82) is 0 Å². The molecule has 0 radical (unpaired) electrons. The van der Waals surface area contributed by atoms with Crippen LogP contribution in [0.15, 0.2) is 53.5 Å². The molecule has 3 heterocycles. The summed E-state index contributed by atoms with van der Waals surface area (Å²) in [6.07, 6.45) is 1.36. The number of nitrogens with two attached hydrogens (primary N) is 1. The van der Waals surface area contributed by atoms with Crippen LogP contribution in [0.1, 0.15) is 18.7 Å². The summed E-state index contributed by atoms with van der Waals surface area (Å²) in [5.41, 5.74) is 6.87. The van der Waals surface area contributed by atoms with E-state index in [9.17, 15) is 4.79 Å². The van der Waals surface area contributed by atoms with Crippen molar-refractivity contribution in [2.45, 2.75) is 13.0 Å². The van der Waals surface area contributed by atoms with E-state index in [1.54, 1.807) is 34.9 Å². The molecule has 10 heteroatoms. The summed E-state index contributed by atoms with van der Waals surface area (Å²) in [7, 11) is 0. The summed E-state index contributed by atoms with van der Waals surface area (Å²) in [6.45, 7) is 9.37. The molecule has 4 aromatic rings. The summed E-state index contributed by atoms with van der Waals surface area (Å²) in [6, 6.07) is 12.0. The summed E-state index contributed by atoms with van der Waals surface area (Å²) >= 11 is 6.40. The fourth-order valence-electron chi connectivity index (χ4n) is 3.81. The normalized spacial score (nSPS) is 13.0. The smallest absolute Gasteiger partial charge is 0.264 e. The van der Waals surface area contributed by atoms with Crippen LogP contribution in [0.3, 0.4) is 0 Å². The Bertz CT molecular complexity index is 1510. The van der Waals surface area contributed by atoms with Gasteiger partial charge in [0, 0.05) is 18.0 Å². The van der Waals surface area contributed by atoms with Crippen LogP contribution in [0.5, 0.6) is 11.5 Å². The van der Waals surface area contributed by atoms with Gasteiger partial charge in [-0.15, -0.1) is 0 Å². The van der Waals surface area contributed by atoms with Crippen molar-refractivity contribution in [3.63, 3.8) is 0 Å². The predicted molar refractivity (Wildman–Crippen MR) is 125 cm³/mol. The lowest BCUT2D eigenvalue weighted by Crippen LogP contribution is -2.26. The first-order valence-electron chi connectivity index (χ1n) is 9.97. The molecule has 0 saturated carbocycles. The van der Waals surface area contributed by atoms with E-state index in [-0.39, 0.29) is 29.8 Å². The van der Waals surface area contributed by atoms with Crippen molar-refractivity contribution in [3.05, 3.63) is 81.1 Å². The number of fused-ring (bicyclic) bond motifs is 2. The highest BCUT2D eigenvalue weighted by Gasteiger charge is 2.21. The molecule has 0 spiro atoms. The molecule has 9 nitrogen and oxygen atoms in total. The first-order chi connectivity index (χ1) is 16.0. The maximum atomic E-state index is 13.7. The van der Waals surface area contributed by atoms with E-state index in [1.165, 1.54) is 6.20 Å². The molecule has 5 rings (SSSR count). The van der Waals surface area contributed by atoms with Gasteiger partial charge in [-0.3, -0.25) is 9.36 Å². The zero-order valence-electron chi connectivity index (χ0n) is 17.4. The molecule has 1 aliphatic rings. The Morgan fingerprint density at radius 3 is 2.88 bits per heavy atom. The molecule has 2 aromatic carbocycles. The van der Waals surface area contributed by atoms with Crippen LogP contribution in [-0.4, -0.2) is 21.3 Å². The Labute approximate surface area is 193 Å². The molecule has 0 bridgehead atoms. The fraction of sp³-hybridized carbons (Fsp3) is 0.130. The van der Waals surface area contributed by atoms with Gasteiger partial charge in [0.15, 0.2) is 11.5 Å². The lowest BCUT2D eigenvalue weighted by Gasteiger charge is -2.22. The van der Waals surface area contributed by atoms with Crippen LogP contribution < -0.4 is 26.1 Å². The molecular formula is C23H17ClN6O3. The highest BCUT2D eigenvalue weighted by atomic mass is 35.5.